The molecule has 1 aromatic heterocycles. The maximum absolute atomic E-state index is 12.5. The number of aromatic nitrogens is 2. The highest BCUT2D eigenvalue weighted by molar-refractivity contribution is 6.00. The molecule has 0 radical (unpaired) electrons. The molecule has 3 N–H and O–H groups in total. The maximum Gasteiger partial charge on any atom is 0.323 e. The van der Waals surface area contributed by atoms with Gasteiger partial charge in [0.1, 0.15) is 5.82 Å². The third kappa shape index (κ3) is 7.50. The van der Waals surface area contributed by atoms with Crippen molar-refractivity contribution in [3.05, 3.63) is 65.9 Å². The summed E-state index contributed by atoms with van der Waals surface area (Å²) in [7, 11) is 4.00. The molecule has 1 aliphatic rings. The summed E-state index contributed by atoms with van der Waals surface area (Å²) in [6.45, 7) is 6.54. The van der Waals surface area contributed by atoms with Crippen molar-refractivity contribution in [1.82, 2.24) is 20.2 Å². The van der Waals surface area contributed by atoms with Crippen LogP contribution in [0.15, 0.2) is 54.7 Å². The Morgan fingerprint density at radius 3 is 2.24 bits per heavy atom. The van der Waals surface area contributed by atoms with Gasteiger partial charge < -0.3 is 30.5 Å². The Hall–Kier alpha value is -4.02. The molecule has 10 nitrogen and oxygen atoms in total. The molecule has 2 aromatic carbocycles. The summed E-state index contributed by atoms with van der Waals surface area (Å²) in [5.41, 5.74) is 3.67. The molecule has 2 heterocycles. The lowest BCUT2D eigenvalue weighted by Crippen LogP contribution is -2.37. The number of aryl methyl sites for hydroxylation is 1. The Kier molecular flexibility index (Phi) is 9.23. The normalized spacial score (nSPS) is 13.3. The number of carbonyl (C=O) groups is 2. The first kappa shape index (κ1) is 27.0. The summed E-state index contributed by atoms with van der Waals surface area (Å²) in [5.74, 6) is 1.43. The standard InChI is InChI=1S/C28H35N7O3/c1-20-19-30-25(33-26(20)35-15-17-38-18-16-35)21-5-9-23(10-6-21)31-28(37)32-24-11-7-22(8-12-24)27(36)29-13-4-14-34(2)3/h5-12,19H,4,13-18H2,1-3H3,(H,29,36)(H2,31,32,37). The van der Waals surface area contributed by atoms with Crippen molar-refractivity contribution in [2.75, 3.05) is 69.0 Å². The number of urea groups is 1. The second-order valence-corrected chi connectivity index (χ2v) is 9.45. The van der Waals surface area contributed by atoms with Crippen molar-refractivity contribution in [3.63, 3.8) is 0 Å². The van der Waals surface area contributed by atoms with Gasteiger partial charge >= 0.3 is 6.03 Å². The number of benzene rings is 2. The van der Waals surface area contributed by atoms with Crippen molar-refractivity contribution in [2.24, 2.45) is 0 Å². The van der Waals surface area contributed by atoms with E-state index in [0.29, 0.717) is 42.5 Å². The molecule has 0 spiro atoms. The molecule has 3 amide bonds. The van der Waals surface area contributed by atoms with Gasteiger partial charge in [-0.05, 0) is 82.5 Å². The van der Waals surface area contributed by atoms with Gasteiger partial charge in [0.2, 0.25) is 0 Å². The monoisotopic (exact) mass is 517 g/mol. The van der Waals surface area contributed by atoms with Crippen LogP contribution in [0.2, 0.25) is 0 Å². The Labute approximate surface area is 223 Å². The highest BCUT2D eigenvalue weighted by Crippen LogP contribution is 2.24. The molecule has 1 saturated heterocycles. The van der Waals surface area contributed by atoms with E-state index >= 15 is 0 Å². The number of ether oxygens (including phenoxy) is 1. The fourth-order valence-electron chi connectivity index (χ4n) is 4.07. The van der Waals surface area contributed by atoms with Crippen LogP contribution in [0.1, 0.15) is 22.3 Å². The minimum absolute atomic E-state index is 0.130. The molecule has 3 aromatic rings. The van der Waals surface area contributed by atoms with Crippen molar-refractivity contribution in [1.29, 1.82) is 0 Å². The van der Waals surface area contributed by atoms with Crippen LogP contribution in [0.4, 0.5) is 22.0 Å². The molecular formula is C28H35N7O3. The number of morpholine rings is 1. The molecule has 1 fully saturated rings. The number of carbonyl (C=O) groups excluding carboxylic acids is 2. The van der Waals surface area contributed by atoms with E-state index in [-0.39, 0.29) is 11.9 Å². The van der Waals surface area contributed by atoms with Gasteiger partial charge in [0.25, 0.3) is 5.91 Å². The number of anilines is 3. The van der Waals surface area contributed by atoms with Crippen LogP contribution in [0.25, 0.3) is 11.4 Å². The smallest absolute Gasteiger partial charge is 0.323 e. The number of amides is 3. The van der Waals surface area contributed by atoms with Gasteiger partial charge in [-0.15, -0.1) is 0 Å². The first-order chi connectivity index (χ1) is 18.4. The average Bonchev–Trinajstić information content (AvgIpc) is 2.92. The maximum atomic E-state index is 12.5. The van der Waals surface area contributed by atoms with Crippen LogP contribution in [-0.4, -0.2) is 80.3 Å². The van der Waals surface area contributed by atoms with E-state index in [4.69, 9.17) is 9.72 Å². The minimum atomic E-state index is -0.375. The van der Waals surface area contributed by atoms with Crippen molar-refractivity contribution < 1.29 is 14.3 Å². The zero-order valence-corrected chi connectivity index (χ0v) is 22.2. The van der Waals surface area contributed by atoms with Crippen LogP contribution in [-0.2, 0) is 4.74 Å². The van der Waals surface area contributed by atoms with Gasteiger partial charge in [-0.1, -0.05) is 0 Å². The Balaban J connectivity index is 1.30. The van der Waals surface area contributed by atoms with Crippen LogP contribution < -0.4 is 20.9 Å². The van der Waals surface area contributed by atoms with E-state index in [1.807, 2.05) is 51.5 Å². The lowest BCUT2D eigenvalue weighted by molar-refractivity contribution is 0.0952. The summed E-state index contributed by atoms with van der Waals surface area (Å²) < 4.78 is 5.45. The van der Waals surface area contributed by atoms with E-state index < -0.39 is 0 Å². The Morgan fingerprint density at radius 2 is 1.61 bits per heavy atom. The van der Waals surface area contributed by atoms with Gasteiger partial charge in [0.05, 0.1) is 13.2 Å². The molecule has 0 aliphatic carbocycles. The average molecular weight is 518 g/mol. The van der Waals surface area contributed by atoms with Crippen LogP contribution >= 0.6 is 0 Å². The van der Waals surface area contributed by atoms with E-state index in [1.54, 1.807) is 24.3 Å². The Morgan fingerprint density at radius 1 is 0.974 bits per heavy atom. The molecule has 4 rings (SSSR count). The quantitative estimate of drug-likeness (QED) is 0.372. The Bertz CT molecular complexity index is 1220. The van der Waals surface area contributed by atoms with Crippen molar-refractivity contribution in [2.45, 2.75) is 13.3 Å². The summed E-state index contributed by atoms with van der Waals surface area (Å²) in [6.07, 6.45) is 2.72. The van der Waals surface area contributed by atoms with Gasteiger partial charge in [0, 0.05) is 53.9 Å². The van der Waals surface area contributed by atoms with Gasteiger partial charge in [-0.25, -0.2) is 14.8 Å². The lowest BCUT2D eigenvalue weighted by atomic mass is 10.2. The lowest BCUT2D eigenvalue weighted by Gasteiger charge is -2.29. The molecule has 0 bridgehead atoms. The second-order valence-electron chi connectivity index (χ2n) is 9.45. The van der Waals surface area contributed by atoms with Gasteiger partial charge in [0.15, 0.2) is 5.82 Å². The summed E-state index contributed by atoms with van der Waals surface area (Å²) in [6, 6.07) is 13.8. The zero-order chi connectivity index (χ0) is 26.9. The van der Waals surface area contributed by atoms with E-state index in [9.17, 15) is 9.59 Å². The SMILES string of the molecule is Cc1cnc(-c2ccc(NC(=O)Nc3ccc(C(=O)NCCCN(C)C)cc3)cc2)nc1N1CCOCC1. The number of nitrogens with zero attached hydrogens (tertiary/aromatic N) is 4. The van der Waals surface area contributed by atoms with E-state index in [0.717, 1.165) is 43.0 Å². The number of hydrogen-bond donors (Lipinski definition) is 3. The summed E-state index contributed by atoms with van der Waals surface area (Å²) in [5, 5.41) is 8.52. The van der Waals surface area contributed by atoms with E-state index in [2.05, 4.69) is 30.7 Å². The number of nitrogens with one attached hydrogen (secondary N) is 3. The third-order valence-electron chi connectivity index (χ3n) is 6.13. The fraction of sp³-hybridized carbons (Fsp3) is 0.357. The molecular weight excluding hydrogens is 482 g/mol. The van der Waals surface area contributed by atoms with Gasteiger partial charge in [-0.2, -0.15) is 0 Å². The number of hydrogen-bond acceptors (Lipinski definition) is 7. The predicted molar refractivity (Wildman–Crippen MR) is 150 cm³/mol. The van der Waals surface area contributed by atoms with E-state index in [1.165, 1.54) is 0 Å². The number of rotatable bonds is 9. The molecule has 38 heavy (non-hydrogen) atoms. The van der Waals surface area contributed by atoms with Crippen LogP contribution in [0.5, 0.6) is 0 Å². The first-order valence-corrected chi connectivity index (χ1v) is 12.8. The van der Waals surface area contributed by atoms with Crippen molar-refractivity contribution in [3.8, 4) is 11.4 Å². The first-order valence-electron chi connectivity index (χ1n) is 12.8. The summed E-state index contributed by atoms with van der Waals surface area (Å²) >= 11 is 0. The molecule has 1 aliphatic heterocycles. The second kappa shape index (κ2) is 13.0. The molecule has 0 atom stereocenters. The third-order valence-corrected chi connectivity index (χ3v) is 6.13. The molecule has 10 heteroatoms. The largest absolute Gasteiger partial charge is 0.378 e. The summed E-state index contributed by atoms with van der Waals surface area (Å²) in [4.78, 5) is 38.3. The van der Waals surface area contributed by atoms with Gasteiger partial charge in [-0.3, -0.25) is 4.79 Å². The molecule has 0 saturated carbocycles. The molecule has 0 unspecified atom stereocenters. The zero-order valence-electron chi connectivity index (χ0n) is 22.2. The minimum Gasteiger partial charge on any atom is -0.378 e. The highest BCUT2D eigenvalue weighted by atomic mass is 16.5. The highest BCUT2D eigenvalue weighted by Gasteiger charge is 2.16. The predicted octanol–water partition coefficient (Wildman–Crippen LogP) is 3.61. The van der Waals surface area contributed by atoms with Crippen LogP contribution in [0, 0.1) is 6.92 Å². The van der Waals surface area contributed by atoms with Crippen molar-refractivity contribution >= 4 is 29.1 Å². The topological polar surface area (TPSA) is 112 Å². The van der Waals surface area contributed by atoms with Crippen LogP contribution in [0.3, 0.4) is 0 Å². The fourth-order valence-corrected chi connectivity index (χ4v) is 4.07. The molecule has 200 valence electrons.